The van der Waals surface area contributed by atoms with E-state index in [4.69, 9.17) is 9.47 Å². The van der Waals surface area contributed by atoms with Crippen molar-refractivity contribution in [2.75, 3.05) is 13.7 Å². The van der Waals surface area contributed by atoms with Gasteiger partial charge in [-0.1, -0.05) is 45.8 Å². The van der Waals surface area contributed by atoms with Gasteiger partial charge in [0.05, 0.1) is 13.7 Å². The van der Waals surface area contributed by atoms with E-state index in [9.17, 15) is 5.11 Å². The SMILES string of the molecule is COc1ccc(Br)c(CNC(C)(C)CO)c1OCc1cccc(C)c1. The summed E-state index contributed by atoms with van der Waals surface area (Å²) in [5, 5.41) is 12.8. The highest BCUT2D eigenvalue weighted by Gasteiger charge is 2.20. The number of halogens is 1. The van der Waals surface area contributed by atoms with Gasteiger partial charge in [0.2, 0.25) is 0 Å². The van der Waals surface area contributed by atoms with Gasteiger partial charge < -0.3 is 19.9 Å². The molecule has 0 bridgehead atoms. The summed E-state index contributed by atoms with van der Waals surface area (Å²) >= 11 is 3.60. The number of aryl methyl sites for hydroxylation is 1. The number of ether oxygens (including phenoxy) is 2. The molecule has 0 unspecified atom stereocenters. The highest BCUT2D eigenvalue weighted by Crippen LogP contribution is 2.37. The number of hydrogen-bond acceptors (Lipinski definition) is 4. The highest BCUT2D eigenvalue weighted by atomic mass is 79.9. The maximum absolute atomic E-state index is 9.46. The smallest absolute Gasteiger partial charge is 0.167 e. The van der Waals surface area contributed by atoms with Gasteiger partial charge in [0.15, 0.2) is 11.5 Å². The molecule has 0 saturated heterocycles. The molecule has 0 saturated carbocycles. The van der Waals surface area contributed by atoms with Gasteiger partial charge in [-0.2, -0.15) is 0 Å². The summed E-state index contributed by atoms with van der Waals surface area (Å²) in [4.78, 5) is 0. The molecule has 2 aromatic rings. The lowest BCUT2D eigenvalue weighted by atomic mass is 10.1. The molecule has 0 atom stereocenters. The van der Waals surface area contributed by atoms with Gasteiger partial charge in [0.1, 0.15) is 6.61 Å². The molecular formula is C20H26BrNO3. The number of aliphatic hydroxyl groups is 1. The third kappa shape index (κ3) is 5.46. The predicted octanol–water partition coefficient (Wildman–Crippen LogP) is 4.21. The van der Waals surface area contributed by atoms with E-state index in [0.29, 0.717) is 24.7 Å². The molecule has 0 aliphatic carbocycles. The van der Waals surface area contributed by atoms with Crippen LogP contribution in [0.1, 0.15) is 30.5 Å². The molecule has 0 radical (unpaired) electrons. The molecule has 0 aliphatic rings. The zero-order valence-electron chi connectivity index (χ0n) is 15.2. The Labute approximate surface area is 158 Å². The first-order chi connectivity index (χ1) is 11.9. The first kappa shape index (κ1) is 19.8. The van der Waals surface area contributed by atoms with Crippen LogP contribution in [-0.2, 0) is 13.2 Å². The molecule has 5 heteroatoms. The van der Waals surface area contributed by atoms with Gasteiger partial charge in [-0.25, -0.2) is 0 Å². The van der Waals surface area contributed by atoms with Crippen molar-refractivity contribution in [3.63, 3.8) is 0 Å². The lowest BCUT2D eigenvalue weighted by Crippen LogP contribution is -2.42. The maximum atomic E-state index is 9.46. The molecular weight excluding hydrogens is 382 g/mol. The van der Waals surface area contributed by atoms with E-state index in [2.05, 4.69) is 40.3 Å². The second kappa shape index (κ2) is 8.70. The number of aliphatic hydroxyl groups excluding tert-OH is 1. The van der Waals surface area contributed by atoms with E-state index in [0.717, 1.165) is 15.6 Å². The van der Waals surface area contributed by atoms with Crippen molar-refractivity contribution in [1.29, 1.82) is 0 Å². The van der Waals surface area contributed by atoms with Crippen molar-refractivity contribution in [2.45, 2.75) is 39.5 Å². The van der Waals surface area contributed by atoms with Crippen LogP contribution < -0.4 is 14.8 Å². The van der Waals surface area contributed by atoms with Crippen LogP contribution in [0.5, 0.6) is 11.5 Å². The Hall–Kier alpha value is -1.56. The maximum Gasteiger partial charge on any atom is 0.167 e. The largest absolute Gasteiger partial charge is 0.493 e. The minimum atomic E-state index is -0.379. The third-order valence-corrected chi connectivity index (χ3v) is 4.73. The Bertz CT molecular complexity index is 716. The number of hydrogen-bond donors (Lipinski definition) is 2. The van der Waals surface area contributed by atoms with Gasteiger partial charge in [-0.15, -0.1) is 0 Å². The van der Waals surface area contributed by atoms with E-state index < -0.39 is 0 Å². The summed E-state index contributed by atoms with van der Waals surface area (Å²) in [5.41, 5.74) is 2.90. The summed E-state index contributed by atoms with van der Waals surface area (Å²) in [5.74, 6) is 1.40. The average Bonchev–Trinajstić information content (AvgIpc) is 2.59. The molecule has 4 nitrogen and oxygen atoms in total. The lowest BCUT2D eigenvalue weighted by molar-refractivity contribution is 0.186. The fraction of sp³-hybridized carbons (Fsp3) is 0.400. The molecule has 136 valence electrons. The van der Waals surface area contributed by atoms with E-state index in [-0.39, 0.29) is 12.1 Å². The second-order valence-electron chi connectivity index (χ2n) is 6.73. The second-order valence-corrected chi connectivity index (χ2v) is 7.58. The summed E-state index contributed by atoms with van der Waals surface area (Å²) in [6, 6.07) is 12.1. The van der Waals surface area contributed by atoms with Crippen molar-refractivity contribution in [1.82, 2.24) is 5.32 Å². The predicted molar refractivity (Wildman–Crippen MR) is 104 cm³/mol. The fourth-order valence-electron chi connectivity index (χ4n) is 2.41. The molecule has 0 heterocycles. The first-order valence-corrected chi connectivity index (χ1v) is 9.05. The number of benzene rings is 2. The molecule has 0 spiro atoms. The average molecular weight is 408 g/mol. The summed E-state index contributed by atoms with van der Waals surface area (Å²) < 4.78 is 12.5. The van der Waals surface area contributed by atoms with E-state index in [1.807, 2.05) is 38.1 Å². The number of nitrogens with one attached hydrogen (secondary N) is 1. The van der Waals surface area contributed by atoms with Crippen LogP contribution in [0.2, 0.25) is 0 Å². The molecule has 0 aliphatic heterocycles. The number of rotatable bonds is 8. The van der Waals surface area contributed by atoms with Gasteiger partial charge in [-0.05, 0) is 38.5 Å². The fourth-order valence-corrected chi connectivity index (χ4v) is 2.86. The van der Waals surface area contributed by atoms with Crippen LogP contribution in [0.3, 0.4) is 0 Å². The lowest BCUT2D eigenvalue weighted by Gasteiger charge is -2.25. The quantitative estimate of drug-likeness (QED) is 0.687. The van der Waals surface area contributed by atoms with Crippen LogP contribution in [0.15, 0.2) is 40.9 Å². The monoisotopic (exact) mass is 407 g/mol. The Kier molecular flexibility index (Phi) is 6.87. The minimum Gasteiger partial charge on any atom is -0.493 e. The van der Waals surface area contributed by atoms with Crippen molar-refractivity contribution >= 4 is 15.9 Å². The molecule has 2 rings (SSSR count). The standard InChI is InChI=1S/C20H26BrNO3/c1-14-6-5-7-15(10-14)12-25-19-16(11-22-20(2,3)13-23)17(21)8-9-18(19)24-4/h5-10,22-23H,11-13H2,1-4H3. The third-order valence-electron chi connectivity index (χ3n) is 3.99. The van der Waals surface area contributed by atoms with Crippen molar-refractivity contribution < 1.29 is 14.6 Å². The Balaban J connectivity index is 2.26. The Morgan fingerprint density at radius 2 is 1.96 bits per heavy atom. The zero-order chi connectivity index (χ0) is 18.4. The van der Waals surface area contributed by atoms with Crippen molar-refractivity contribution in [2.24, 2.45) is 0 Å². The Morgan fingerprint density at radius 1 is 1.20 bits per heavy atom. The van der Waals surface area contributed by atoms with Gasteiger partial charge >= 0.3 is 0 Å². The van der Waals surface area contributed by atoms with Crippen molar-refractivity contribution in [3.8, 4) is 11.5 Å². The normalized spacial score (nSPS) is 11.4. The van der Waals surface area contributed by atoms with Crippen LogP contribution in [0.4, 0.5) is 0 Å². The molecule has 2 aromatic carbocycles. The van der Waals surface area contributed by atoms with Crippen molar-refractivity contribution in [3.05, 3.63) is 57.6 Å². The topological polar surface area (TPSA) is 50.7 Å². The highest BCUT2D eigenvalue weighted by molar-refractivity contribution is 9.10. The molecule has 2 N–H and O–H groups in total. The molecule has 0 amide bonds. The molecule has 25 heavy (non-hydrogen) atoms. The van der Waals surface area contributed by atoms with Crippen LogP contribution >= 0.6 is 15.9 Å². The van der Waals surface area contributed by atoms with Crippen LogP contribution in [-0.4, -0.2) is 24.4 Å². The summed E-state index contributed by atoms with van der Waals surface area (Å²) in [6.07, 6.45) is 0. The first-order valence-electron chi connectivity index (χ1n) is 8.26. The van der Waals surface area contributed by atoms with Gasteiger partial charge in [0.25, 0.3) is 0 Å². The van der Waals surface area contributed by atoms with Crippen LogP contribution in [0, 0.1) is 6.92 Å². The minimum absolute atomic E-state index is 0.0497. The van der Waals surface area contributed by atoms with E-state index in [1.165, 1.54) is 5.56 Å². The van der Waals surface area contributed by atoms with E-state index >= 15 is 0 Å². The number of methoxy groups -OCH3 is 1. The summed E-state index contributed by atoms with van der Waals surface area (Å²) in [7, 11) is 1.64. The van der Waals surface area contributed by atoms with Crippen LogP contribution in [0.25, 0.3) is 0 Å². The Morgan fingerprint density at radius 3 is 2.60 bits per heavy atom. The molecule has 0 fully saturated rings. The van der Waals surface area contributed by atoms with E-state index in [1.54, 1.807) is 7.11 Å². The van der Waals surface area contributed by atoms with Gasteiger partial charge in [-0.3, -0.25) is 0 Å². The zero-order valence-corrected chi connectivity index (χ0v) is 16.8. The molecule has 0 aromatic heterocycles. The summed E-state index contributed by atoms with van der Waals surface area (Å²) in [6.45, 7) is 7.03. The van der Waals surface area contributed by atoms with Gasteiger partial charge in [0, 0.05) is 22.1 Å².